The molecule has 0 radical (unpaired) electrons. The number of aromatic nitrogens is 3. The summed E-state index contributed by atoms with van der Waals surface area (Å²) in [5.74, 6) is 2.42. The maximum Gasteiger partial charge on any atom is 0.293 e. The minimum atomic E-state index is -0.0418. The van der Waals surface area contributed by atoms with Crippen molar-refractivity contribution in [2.45, 2.75) is 39.0 Å². The lowest BCUT2D eigenvalue weighted by atomic mass is 9.75. The molecule has 2 aliphatic rings. The first kappa shape index (κ1) is 16.6. The number of hydrogen-bond acceptors (Lipinski definition) is 3. The van der Waals surface area contributed by atoms with Crippen molar-refractivity contribution in [1.29, 1.82) is 0 Å². The van der Waals surface area contributed by atoms with Crippen molar-refractivity contribution in [1.82, 2.24) is 19.7 Å². The maximum absolute atomic E-state index is 12.9. The van der Waals surface area contributed by atoms with E-state index >= 15 is 0 Å². The molecule has 0 bridgehead atoms. The van der Waals surface area contributed by atoms with Gasteiger partial charge >= 0.3 is 0 Å². The van der Waals surface area contributed by atoms with Gasteiger partial charge in [-0.1, -0.05) is 30.9 Å². The Labute approximate surface area is 153 Å². The van der Waals surface area contributed by atoms with Gasteiger partial charge in [-0.3, -0.25) is 4.79 Å². The van der Waals surface area contributed by atoms with E-state index in [1.807, 2.05) is 36.1 Å². The molecule has 1 aliphatic heterocycles. The number of hydrogen-bond donors (Lipinski definition) is 0. The van der Waals surface area contributed by atoms with Crippen LogP contribution < -0.4 is 0 Å². The number of nitrogens with zero attached hydrogens (tertiary/aromatic N) is 4. The molecule has 1 saturated carbocycles. The Bertz CT molecular complexity index is 770. The first-order valence-corrected chi connectivity index (χ1v) is 9.48. The van der Waals surface area contributed by atoms with Crippen LogP contribution in [0.1, 0.15) is 48.5 Å². The summed E-state index contributed by atoms with van der Waals surface area (Å²) < 4.78 is 1.71. The van der Waals surface area contributed by atoms with E-state index in [2.05, 4.69) is 10.1 Å². The molecule has 1 amide bonds. The molecule has 1 saturated heterocycles. The van der Waals surface area contributed by atoms with E-state index in [0.29, 0.717) is 22.6 Å². The number of halogens is 1. The summed E-state index contributed by atoms with van der Waals surface area (Å²) in [7, 11) is 0. The molecule has 4 rings (SSSR count). The van der Waals surface area contributed by atoms with Crippen LogP contribution in [0.5, 0.6) is 0 Å². The first-order chi connectivity index (χ1) is 12.1. The second-order valence-electron chi connectivity index (χ2n) is 7.22. The predicted molar refractivity (Wildman–Crippen MR) is 97.1 cm³/mol. The van der Waals surface area contributed by atoms with Gasteiger partial charge in [0.1, 0.15) is 5.82 Å². The van der Waals surface area contributed by atoms with E-state index in [0.717, 1.165) is 31.1 Å². The Morgan fingerprint density at radius 2 is 1.84 bits per heavy atom. The van der Waals surface area contributed by atoms with Gasteiger partial charge in [-0.05, 0) is 55.9 Å². The number of carbonyl (C=O) groups excluding carboxylic acids is 1. The minimum absolute atomic E-state index is 0.0418. The molecule has 5 nitrogen and oxygen atoms in total. The van der Waals surface area contributed by atoms with Gasteiger partial charge < -0.3 is 4.90 Å². The molecule has 2 fully saturated rings. The molecule has 2 aromatic rings. The van der Waals surface area contributed by atoms with Crippen LogP contribution in [0.4, 0.5) is 0 Å². The summed E-state index contributed by atoms with van der Waals surface area (Å²) in [4.78, 5) is 19.3. The van der Waals surface area contributed by atoms with Crippen molar-refractivity contribution >= 4 is 17.5 Å². The van der Waals surface area contributed by atoms with Crippen molar-refractivity contribution in [2.24, 2.45) is 11.8 Å². The number of amides is 1. The second-order valence-corrected chi connectivity index (χ2v) is 7.65. The van der Waals surface area contributed by atoms with Crippen molar-refractivity contribution in [2.75, 3.05) is 13.1 Å². The van der Waals surface area contributed by atoms with Crippen molar-refractivity contribution < 1.29 is 4.79 Å². The second kappa shape index (κ2) is 6.79. The Balaban J connectivity index is 1.53. The zero-order valence-corrected chi connectivity index (χ0v) is 15.2. The van der Waals surface area contributed by atoms with Crippen LogP contribution in [-0.4, -0.2) is 38.7 Å². The molecule has 0 spiro atoms. The van der Waals surface area contributed by atoms with Gasteiger partial charge in [0.05, 0.1) is 5.69 Å². The summed E-state index contributed by atoms with van der Waals surface area (Å²) in [5.41, 5.74) is 0.861. The molecule has 1 aromatic carbocycles. The third-order valence-corrected chi connectivity index (χ3v) is 5.86. The summed E-state index contributed by atoms with van der Waals surface area (Å²) in [6.07, 6.45) is 6.34. The third kappa shape index (κ3) is 3.30. The Hall–Kier alpha value is -1.88. The number of aryl methyl sites for hydroxylation is 1. The first-order valence-electron chi connectivity index (χ1n) is 9.10. The summed E-state index contributed by atoms with van der Waals surface area (Å²) in [6, 6.07) is 7.39. The molecular formula is C19H23ClN4O. The minimum Gasteiger partial charge on any atom is -0.336 e. The van der Waals surface area contributed by atoms with Gasteiger partial charge in [0.2, 0.25) is 5.82 Å². The molecule has 0 N–H and O–H groups in total. The van der Waals surface area contributed by atoms with E-state index in [1.54, 1.807) is 4.68 Å². The summed E-state index contributed by atoms with van der Waals surface area (Å²) in [6.45, 7) is 3.55. The fraction of sp³-hybridized carbons (Fsp3) is 0.526. The lowest BCUT2D eigenvalue weighted by molar-refractivity contribution is 0.0510. The average molecular weight is 359 g/mol. The summed E-state index contributed by atoms with van der Waals surface area (Å²) >= 11 is 5.95. The van der Waals surface area contributed by atoms with Crippen LogP contribution >= 0.6 is 11.6 Å². The van der Waals surface area contributed by atoms with Crippen LogP contribution in [0.2, 0.25) is 5.02 Å². The SMILES string of the molecule is Cc1nc(C(=O)N2CC[C@H]3CCCC[C@@H]3C2)nn1-c1ccc(Cl)cc1. The van der Waals surface area contributed by atoms with Crippen LogP contribution in [0.15, 0.2) is 24.3 Å². The standard InChI is InChI=1S/C19H23ClN4O/c1-13-21-18(22-24(13)17-8-6-16(20)7-9-17)19(25)23-11-10-14-4-2-3-5-15(14)12-23/h6-9,14-15H,2-5,10-12H2,1H3/t14-,15-/m1/s1. The fourth-order valence-corrected chi connectivity index (χ4v) is 4.36. The van der Waals surface area contributed by atoms with E-state index in [9.17, 15) is 4.79 Å². The molecule has 2 atom stereocenters. The topological polar surface area (TPSA) is 51.0 Å². The molecule has 25 heavy (non-hydrogen) atoms. The predicted octanol–water partition coefficient (Wildman–Crippen LogP) is 3.88. The monoisotopic (exact) mass is 358 g/mol. The molecule has 132 valence electrons. The van der Waals surface area contributed by atoms with E-state index in [-0.39, 0.29) is 5.91 Å². The molecule has 1 aromatic heterocycles. The van der Waals surface area contributed by atoms with Gasteiger partial charge in [0.15, 0.2) is 0 Å². The highest BCUT2D eigenvalue weighted by atomic mass is 35.5. The lowest BCUT2D eigenvalue weighted by Gasteiger charge is -2.40. The van der Waals surface area contributed by atoms with Crippen molar-refractivity contribution in [3.05, 3.63) is 40.9 Å². The number of carbonyl (C=O) groups is 1. The average Bonchev–Trinajstić information content (AvgIpc) is 3.03. The molecule has 1 aliphatic carbocycles. The molecule has 6 heteroatoms. The van der Waals surface area contributed by atoms with Crippen LogP contribution in [0.25, 0.3) is 5.69 Å². The van der Waals surface area contributed by atoms with E-state index < -0.39 is 0 Å². The third-order valence-electron chi connectivity index (χ3n) is 5.61. The number of benzene rings is 1. The van der Waals surface area contributed by atoms with Gasteiger partial charge in [0.25, 0.3) is 5.91 Å². The van der Waals surface area contributed by atoms with Gasteiger partial charge in [0, 0.05) is 18.1 Å². The fourth-order valence-electron chi connectivity index (χ4n) is 4.23. The zero-order valence-electron chi connectivity index (χ0n) is 14.5. The largest absolute Gasteiger partial charge is 0.336 e. The zero-order chi connectivity index (χ0) is 17.4. The van der Waals surface area contributed by atoms with Crippen LogP contribution in [0.3, 0.4) is 0 Å². The lowest BCUT2D eigenvalue weighted by Crippen LogP contribution is -2.45. The van der Waals surface area contributed by atoms with Gasteiger partial charge in [-0.15, -0.1) is 5.10 Å². The van der Waals surface area contributed by atoms with Crippen molar-refractivity contribution in [3.8, 4) is 5.69 Å². The highest BCUT2D eigenvalue weighted by Gasteiger charge is 2.34. The number of rotatable bonds is 2. The Morgan fingerprint density at radius 1 is 1.12 bits per heavy atom. The molecule has 0 unspecified atom stereocenters. The number of fused-ring (bicyclic) bond motifs is 1. The van der Waals surface area contributed by atoms with Gasteiger partial charge in [-0.25, -0.2) is 9.67 Å². The molecular weight excluding hydrogens is 336 g/mol. The smallest absolute Gasteiger partial charge is 0.293 e. The number of piperidine rings is 1. The highest BCUT2D eigenvalue weighted by Crippen LogP contribution is 2.36. The molecule has 2 heterocycles. The van der Waals surface area contributed by atoms with Gasteiger partial charge in [-0.2, -0.15) is 0 Å². The quantitative estimate of drug-likeness (QED) is 0.818. The normalized spacial score (nSPS) is 23.4. The Morgan fingerprint density at radius 3 is 2.60 bits per heavy atom. The Kier molecular flexibility index (Phi) is 4.50. The maximum atomic E-state index is 12.9. The van der Waals surface area contributed by atoms with Crippen LogP contribution in [-0.2, 0) is 0 Å². The highest BCUT2D eigenvalue weighted by molar-refractivity contribution is 6.30. The van der Waals surface area contributed by atoms with Crippen molar-refractivity contribution in [3.63, 3.8) is 0 Å². The van der Waals surface area contributed by atoms with Crippen LogP contribution in [0, 0.1) is 18.8 Å². The summed E-state index contributed by atoms with van der Waals surface area (Å²) in [5, 5.41) is 5.13. The van der Waals surface area contributed by atoms with E-state index in [4.69, 9.17) is 11.6 Å². The number of likely N-dealkylation sites (tertiary alicyclic amines) is 1. The van der Waals surface area contributed by atoms with E-state index in [1.165, 1.54) is 25.7 Å².